The maximum Gasteiger partial charge on any atom is 0.123 e. The topological polar surface area (TPSA) is 24.9 Å². The predicted octanol–water partition coefficient (Wildman–Crippen LogP) is 4.06. The van der Waals surface area contributed by atoms with Gasteiger partial charge < -0.3 is 9.47 Å². The van der Waals surface area contributed by atoms with E-state index in [4.69, 9.17) is 9.47 Å². The summed E-state index contributed by atoms with van der Waals surface area (Å²) in [4.78, 5) is 5.12. The van der Waals surface area contributed by atoms with Crippen molar-refractivity contribution in [3.05, 3.63) is 65.7 Å². The average molecular weight is 383 g/mol. The highest BCUT2D eigenvalue weighted by molar-refractivity contribution is 5.33. The van der Waals surface area contributed by atoms with Gasteiger partial charge >= 0.3 is 0 Å². The van der Waals surface area contributed by atoms with Crippen LogP contribution < -0.4 is 4.74 Å². The van der Waals surface area contributed by atoms with Crippen LogP contribution in [-0.2, 0) is 17.8 Å². The number of hydrogen-bond donors (Lipinski definition) is 0. The second kappa shape index (κ2) is 11.2. The number of para-hydroxylation sites is 1. The zero-order chi connectivity index (χ0) is 19.6. The molecule has 1 heterocycles. The number of piperidine rings is 1. The highest BCUT2D eigenvalue weighted by atomic mass is 16.5. The number of nitrogens with zero attached hydrogens (tertiary/aromatic N) is 2. The molecule has 1 saturated heterocycles. The molecule has 1 aliphatic rings. The summed E-state index contributed by atoms with van der Waals surface area (Å²) in [6.07, 6.45) is 2.51. The fraction of sp³-hybridized carbons (Fsp3) is 0.500. The van der Waals surface area contributed by atoms with Gasteiger partial charge in [0.05, 0.1) is 13.7 Å². The molecule has 28 heavy (non-hydrogen) atoms. The van der Waals surface area contributed by atoms with Gasteiger partial charge in [-0.3, -0.25) is 9.80 Å². The minimum Gasteiger partial charge on any atom is -0.496 e. The van der Waals surface area contributed by atoms with Crippen molar-refractivity contribution in [1.82, 2.24) is 9.80 Å². The zero-order valence-corrected chi connectivity index (χ0v) is 17.3. The van der Waals surface area contributed by atoms with E-state index in [9.17, 15) is 0 Å². The average Bonchev–Trinajstić information content (AvgIpc) is 2.74. The Labute approximate surface area is 170 Å². The minimum atomic E-state index is 0.759. The van der Waals surface area contributed by atoms with E-state index in [1.54, 1.807) is 14.2 Å². The van der Waals surface area contributed by atoms with E-state index < -0.39 is 0 Å². The van der Waals surface area contributed by atoms with Crippen LogP contribution >= 0.6 is 0 Å². The highest BCUT2D eigenvalue weighted by Gasteiger charge is 2.22. The maximum absolute atomic E-state index is 5.51. The molecule has 0 aliphatic carbocycles. The summed E-state index contributed by atoms with van der Waals surface area (Å²) >= 11 is 0. The lowest BCUT2D eigenvalue weighted by Crippen LogP contribution is -2.39. The molecule has 0 saturated carbocycles. The Hall–Kier alpha value is -1.88. The lowest BCUT2D eigenvalue weighted by Gasteiger charge is -2.35. The SMILES string of the molecule is COCCN(Cc1ccccc1)CC1CCN(Cc2ccccc2OC)CC1. The molecule has 1 fully saturated rings. The normalized spacial score (nSPS) is 15.8. The molecule has 0 unspecified atom stereocenters. The van der Waals surface area contributed by atoms with E-state index in [0.717, 1.165) is 57.5 Å². The number of ether oxygens (including phenoxy) is 2. The van der Waals surface area contributed by atoms with Crippen molar-refractivity contribution >= 4 is 0 Å². The van der Waals surface area contributed by atoms with Gasteiger partial charge in [-0.15, -0.1) is 0 Å². The van der Waals surface area contributed by atoms with Crippen LogP contribution in [0.2, 0.25) is 0 Å². The second-order valence-corrected chi connectivity index (χ2v) is 7.74. The Morgan fingerprint density at radius 3 is 2.39 bits per heavy atom. The maximum atomic E-state index is 5.51. The van der Waals surface area contributed by atoms with Crippen LogP contribution in [0.15, 0.2) is 54.6 Å². The molecule has 0 N–H and O–H groups in total. The van der Waals surface area contributed by atoms with Gasteiger partial charge in [0, 0.05) is 38.9 Å². The first-order valence-corrected chi connectivity index (χ1v) is 10.4. The molecule has 2 aromatic rings. The number of rotatable bonds is 10. The highest BCUT2D eigenvalue weighted by Crippen LogP contribution is 2.24. The van der Waals surface area contributed by atoms with Gasteiger partial charge in [0.15, 0.2) is 0 Å². The van der Waals surface area contributed by atoms with Gasteiger partial charge in [0.25, 0.3) is 0 Å². The first-order valence-electron chi connectivity index (χ1n) is 10.4. The van der Waals surface area contributed by atoms with Gasteiger partial charge in [0.1, 0.15) is 5.75 Å². The third-order valence-corrected chi connectivity index (χ3v) is 5.67. The van der Waals surface area contributed by atoms with Crippen molar-refractivity contribution in [2.75, 3.05) is 47.0 Å². The molecule has 152 valence electrons. The van der Waals surface area contributed by atoms with Crippen LogP contribution in [-0.4, -0.2) is 56.8 Å². The number of likely N-dealkylation sites (tertiary alicyclic amines) is 1. The number of benzene rings is 2. The summed E-state index contributed by atoms with van der Waals surface area (Å²) < 4.78 is 10.9. The summed E-state index contributed by atoms with van der Waals surface area (Å²) in [5.74, 6) is 1.76. The molecule has 0 atom stereocenters. The fourth-order valence-corrected chi connectivity index (χ4v) is 4.06. The quantitative estimate of drug-likeness (QED) is 0.619. The molecular formula is C24H34N2O2. The number of methoxy groups -OCH3 is 2. The summed E-state index contributed by atoms with van der Waals surface area (Å²) in [6, 6.07) is 19.1. The van der Waals surface area contributed by atoms with E-state index >= 15 is 0 Å². The number of hydrogen-bond acceptors (Lipinski definition) is 4. The molecular weight excluding hydrogens is 348 g/mol. The van der Waals surface area contributed by atoms with Gasteiger partial charge in [-0.1, -0.05) is 48.5 Å². The monoisotopic (exact) mass is 382 g/mol. The first-order chi connectivity index (χ1) is 13.8. The molecule has 0 radical (unpaired) electrons. The van der Waals surface area contributed by atoms with Crippen molar-refractivity contribution in [3.8, 4) is 5.75 Å². The smallest absolute Gasteiger partial charge is 0.123 e. The zero-order valence-electron chi connectivity index (χ0n) is 17.3. The van der Waals surface area contributed by atoms with E-state index in [-0.39, 0.29) is 0 Å². The van der Waals surface area contributed by atoms with E-state index in [2.05, 4.69) is 58.3 Å². The van der Waals surface area contributed by atoms with Crippen LogP contribution in [0.25, 0.3) is 0 Å². The molecule has 0 aromatic heterocycles. The summed E-state index contributed by atoms with van der Waals surface area (Å²) in [7, 11) is 3.55. The Balaban J connectivity index is 1.49. The third-order valence-electron chi connectivity index (χ3n) is 5.67. The van der Waals surface area contributed by atoms with Crippen molar-refractivity contribution < 1.29 is 9.47 Å². The third kappa shape index (κ3) is 6.33. The minimum absolute atomic E-state index is 0.759. The second-order valence-electron chi connectivity index (χ2n) is 7.74. The van der Waals surface area contributed by atoms with Crippen molar-refractivity contribution in [2.45, 2.75) is 25.9 Å². The molecule has 1 aliphatic heterocycles. The van der Waals surface area contributed by atoms with Crippen LogP contribution in [0.1, 0.15) is 24.0 Å². The molecule has 0 bridgehead atoms. The van der Waals surface area contributed by atoms with Crippen LogP contribution in [0.3, 0.4) is 0 Å². The predicted molar refractivity (Wildman–Crippen MR) is 115 cm³/mol. The lowest BCUT2D eigenvalue weighted by atomic mass is 9.95. The molecule has 4 heteroatoms. The van der Waals surface area contributed by atoms with E-state index in [1.165, 1.54) is 24.0 Å². The van der Waals surface area contributed by atoms with Gasteiger partial charge in [-0.05, 0) is 43.5 Å². The molecule has 0 amide bonds. The summed E-state index contributed by atoms with van der Waals surface area (Å²) in [5.41, 5.74) is 2.67. The fourth-order valence-electron chi connectivity index (χ4n) is 4.06. The standard InChI is InChI=1S/C24H34N2O2/c1-27-17-16-26(18-21-8-4-3-5-9-21)19-22-12-14-25(15-13-22)20-23-10-6-7-11-24(23)28-2/h3-11,22H,12-20H2,1-2H3. The summed E-state index contributed by atoms with van der Waals surface area (Å²) in [5, 5.41) is 0. The van der Waals surface area contributed by atoms with E-state index in [1.807, 2.05) is 6.07 Å². The lowest BCUT2D eigenvalue weighted by molar-refractivity contribution is 0.106. The Bertz CT molecular complexity index is 684. The van der Waals surface area contributed by atoms with E-state index in [0.29, 0.717) is 0 Å². The van der Waals surface area contributed by atoms with Crippen LogP contribution in [0.5, 0.6) is 5.75 Å². The van der Waals surface area contributed by atoms with Gasteiger partial charge in [0.2, 0.25) is 0 Å². The molecule has 3 rings (SSSR count). The van der Waals surface area contributed by atoms with Gasteiger partial charge in [-0.25, -0.2) is 0 Å². The van der Waals surface area contributed by atoms with Crippen LogP contribution in [0.4, 0.5) is 0 Å². The van der Waals surface area contributed by atoms with Crippen molar-refractivity contribution in [1.29, 1.82) is 0 Å². The molecule has 4 nitrogen and oxygen atoms in total. The largest absolute Gasteiger partial charge is 0.496 e. The summed E-state index contributed by atoms with van der Waals surface area (Å²) in [6.45, 7) is 7.24. The van der Waals surface area contributed by atoms with Crippen molar-refractivity contribution in [2.24, 2.45) is 5.92 Å². The van der Waals surface area contributed by atoms with Crippen molar-refractivity contribution in [3.63, 3.8) is 0 Å². The Kier molecular flexibility index (Phi) is 8.34. The van der Waals surface area contributed by atoms with Gasteiger partial charge in [-0.2, -0.15) is 0 Å². The Morgan fingerprint density at radius 2 is 1.68 bits per heavy atom. The molecule has 2 aromatic carbocycles. The van der Waals surface area contributed by atoms with Crippen LogP contribution in [0, 0.1) is 5.92 Å². The first kappa shape index (κ1) is 20.8. The Morgan fingerprint density at radius 1 is 0.964 bits per heavy atom. The molecule has 0 spiro atoms.